The SMILES string of the molecule is CCCC(C)(C)C1CCC[C](CO[SiH3])C1(C)C. The van der Waals surface area contributed by atoms with Crippen LogP contribution in [-0.4, -0.2) is 17.1 Å². The lowest BCUT2D eigenvalue weighted by Gasteiger charge is -2.51. The van der Waals surface area contributed by atoms with Crippen molar-refractivity contribution in [2.45, 2.75) is 66.7 Å². The second-order valence-electron chi connectivity index (χ2n) is 6.94. The van der Waals surface area contributed by atoms with E-state index in [0.717, 1.165) is 23.0 Å². The minimum absolute atomic E-state index is 0.362. The van der Waals surface area contributed by atoms with Gasteiger partial charge in [-0.05, 0) is 36.0 Å². The fraction of sp³-hybridized carbons (Fsp3) is 0.933. The fourth-order valence-electron chi connectivity index (χ4n) is 4.07. The maximum Gasteiger partial charge on any atom is 0.145 e. The molecule has 1 rings (SSSR count). The van der Waals surface area contributed by atoms with Crippen LogP contribution in [0.4, 0.5) is 0 Å². The van der Waals surface area contributed by atoms with E-state index in [-0.39, 0.29) is 0 Å². The van der Waals surface area contributed by atoms with Gasteiger partial charge in [0.05, 0.1) is 0 Å². The van der Waals surface area contributed by atoms with Gasteiger partial charge >= 0.3 is 0 Å². The van der Waals surface area contributed by atoms with Crippen molar-refractivity contribution >= 4 is 10.5 Å². The Labute approximate surface area is 111 Å². The molecule has 0 amide bonds. The van der Waals surface area contributed by atoms with Gasteiger partial charge in [-0.1, -0.05) is 47.5 Å². The first kappa shape index (κ1) is 15.2. The summed E-state index contributed by atoms with van der Waals surface area (Å²) in [5.74, 6) is 2.48. The van der Waals surface area contributed by atoms with Gasteiger partial charge in [-0.2, -0.15) is 0 Å². The summed E-state index contributed by atoms with van der Waals surface area (Å²) in [6, 6.07) is 0. The lowest BCUT2D eigenvalue weighted by Crippen LogP contribution is -2.44. The molecule has 1 atom stereocenters. The highest BCUT2D eigenvalue weighted by molar-refractivity contribution is 5.98. The zero-order valence-electron chi connectivity index (χ0n) is 12.7. The Bertz CT molecular complexity index is 233. The van der Waals surface area contributed by atoms with Gasteiger partial charge < -0.3 is 4.43 Å². The molecule has 1 aliphatic carbocycles. The van der Waals surface area contributed by atoms with E-state index in [1.54, 1.807) is 5.92 Å². The molecule has 0 aromatic rings. The summed E-state index contributed by atoms with van der Waals surface area (Å²) < 4.78 is 5.54. The molecule has 0 N–H and O–H groups in total. The molecule has 0 bridgehead atoms. The van der Waals surface area contributed by atoms with E-state index >= 15 is 0 Å². The molecule has 1 unspecified atom stereocenters. The summed E-state index contributed by atoms with van der Waals surface area (Å²) in [5.41, 5.74) is 0.830. The van der Waals surface area contributed by atoms with Gasteiger partial charge in [-0.25, -0.2) is 0 Å². The summed E-state index contributed by atoms with van der Waals surface area (Å²) in [7, 11) is 0.865. The summed E-state index contributed by atoms with van der Waals surface area (Å²) in [6.45, 7) is 13.1. The molecule has 0 aromatic heterocycles. The van der Waals surface area contributed by atoms with Crippen molar-refractivity contribution < 1.29 is 4.43 Å². The number of hydrogen-bond donors (Lipinski definition) is 0. The van der Waals surface area contributed by atoms with E-state index in [2.05, 4.69) is 34.6 Å². The molecule has 0 spiro atoms. The molecule has 1 aliphatic rings. The third-order valence-electron chi connectivity index (χ3n) is 4.91. The minimum atomic E-state index is 0.362. The van der Waals surface area contributed by atoms with Gasteiger partial charge in [-0.15, -0.1) is 0 Å². The smallest absolute Gasteiger partial charge is 0.145 e. The molecule has 101 valence electrons. The average Bonchev–Trinajstić information content (AvgIpc) is 2.20. The van der Waals surface area contributed by atoms with Crippen molar-refractivity contribution in [2.75, 3.05) is 6.61 Å². The Balaban J connectivity index is 2.84. The Morgan fingerprint density at radius 1 is 1.41 bits per heavy atom. The highest BCUT2D eigenvalue weighted by Gasteiger charge is 2.46. The van der Waals surface area contributed by atoms with Gasteiger partial charge in [0.15, 0.2) is 0 Å². The first-order valence-corrected chi connectivity index (χ1v) is 8.02. The Morgan fingerprint density at radius 3 is 2.59 bits per heavy atom. The highest BCUT2D eigenvalue weighted by atomic mass is 28.2. The zero-order valence-corrected chi connectivity index (χ0v) is 14.7. The van der Waals surface area contributed by atoms with Crippen molar-refractivity contribution in [2.24, 2.45) is 16.7 Å². The van der Waals surface area contributed by atoms with E-state index < -0.39 is 0 Å². The van der Waals surface area contributed by atoms with Crippen LogP contribution in [0.15, 0.2) is 0 Å². The normalized spacial score (nSPS) is 26.3. The summed E-state index contributed by atoms with van der Waals surface area (Å²) >= 11 is 0. The van der Waals surface area contributed by atoms with Gasteiger partial charge in [0.25, 0.3) is 0 Å². The second-order valence-corrected chi connectivity index (χ2v) is 7.52. The van der Waals surface area contributed by atoms with Crippen molar-refractivity contribution in [3.63, 3.8) is 0 Å². The molecular formula is C15H31OSi. The number of rotatable bonds is 5. The standard InChI is InChI=1S/C15H31OSi/c1-6-10-14(2,3)13-9-7-8-12(11-16-17)15(13,4)5/h13H,6-11H2,1-5,17H3. The monoisotopic (exact) mass is 255 g/mol. The Kier molecular flexibility index (Phi) is 5.27. The molecule has 1 saturated carbocycles. The third-order valence-corrected chi connectivity index (χ3v) is 5.20. The molecule has 17 heavy (non-hydrogen) atoms. The predicted molar refractivity (Wildman–Crippen MR) is 78.9 cm³/mol. The minimum Gasteiger partial charge on any atom is -0.427 e. The molecule has 2 heteroatoms. The molecular weight excluding hydrogens is 224 g/mol. The van der Waals surface area contributed by atoms with E-state index in [1.807, 2.05) is 0 Å². The van der Waals surface area contributed by atoms with E-state index in [0.29, 0.717) is 10.8 Å². The quantitative estimate of drug-likeness (QED) is 0.683. The van der Waals surface area contributed by atoms with Crippen LogP contribution in [0.3, 0.4) is 0 Å². The van der Waals surface area contributed by atoms with Crippen LogP contribution in [0.25, 0.3) is 0 Å². The molecule has 0 heterocycles. The van der Waals surface area contributed by atoms with Crippen LogP contribution >= 0.6 is 0 Å². The van der Waals surface area contributed by atoms with Crippen molar-refractivity contribution in [1.82, 2.24) is 0 Å². The third kappa shape index (κ3) is 3.34. The number of hydrogen-bond acceptors (Lipinski definition) is 1. The van der Waals surface area contributed by atoms with Crippen LogP contribution in [-0.2, 0) is 4.43 Å². The van der Waals surface area contributed by atoms with E-state index in [4.69, 9.17) is 4.43 Å². The lowest BCUT2D eigenvalue weighted by molar-refractivity contribution is 0.0305. The molecule has 0 saturated heterocycles. The van der Waals surface area contributed by atoms with Gasteiger partial charge in [0.1, 0.15) is 10.5 Å². The first-order valence-electron chi connectivity index (χ1n) is 7.20. The average molecular weight is 255 g/mol. The molecule has 1 fully saturated rings. The van der Waals surface area contributed by atoms with Crippen LogP contribution < -0.4 is 0 Å². The van der Waals surface area contributed by atoms with E-state index in [9.17, 15) is 0 Å². The predicted octanol–water partition coefficient (Wildman–Crippen LogP) is 3.51. The maximum atomic E-state index is 5.54. The van der Waals surface area contributed by atoms with Gasteiger partial charge in [0, 0.05) is 12.5 Å². The zero-order chi connectivity index (χ0) is 13.1. The summed E-state index contributed by atoms with van der Waals surface area (Å²) in [6.07, 6.45) is 6.68. The molecule has 0 aromatic carbocycles. The van der Waals surface area contributed by atoms with Crippen LogP contribution in [0.1, 0.15) is 66.7 Å². The highest BCUT2D eigenvalue weighted by Crippen LogP contribution is 2.54. The van der Waals surface area contributed by atoms with Crippen LogP contribution in [0.5, 0.6) is 0 Å². The van der Waals surface area contributed by atoms with Crippen molar-refractivity contribution in [1.29, 1.82) is 0 Å². The maximum absolute atomic E-state index is 5.54. The topological polar surface area (TPSA) is 9.23 Å². The summed E-state index contributed by atoms with van der Waals surface area (Å²) in [5, 5.41) is 0. The van der Waals surface area contributed by atoms with E-state index in [1.165, 1.54) is 32.1 Å². The van der Waals surface area contributed by atoms with Crippen LogP contribution in [0.2, 0.25) is 0 Å². The van der Waals surface area contributed by atoms with Crippen LogP contribution in [0, 0.1) is 22.7 Å². The molecule has 1 radical (unpaired) electrons. The Hall–Kier alpha value is 0.177. The summed E-state index contributed by atoms with van der Waals surface area (Å²) in [4.78, 5) is 0. The fourth-order valence-corrected chi connectivity index (χ4v) is 4.42. The van der Waals surface area contributed by atoms with Gasteiger partial charge in [0.2, 0.25) is 0 Å². The largest absolute Gasteiger partial charge is 0.427 e. The van der Waals surface area contributed by atoms with Crippen molar-refractivity contribution in [3.8, 4) is 0 Å². The molecule has 1 nitrogen and oxygen atoms in total. The second kappa shape index (κ2) is 5.88. The van der Waals surface area contributed by atoms with Gasteiger partial charge in [-0.3, -0.25) is 0 Å². The Morgan fingerprint density at radius 2 is 2.06 bits per heavy atom. The lowest BCUT2D eigenvalue weighted by atomic mass is 9.54. The first-order chi connectivity index (χ1) is 7.86. The molecule has 0 aliphatic heterocycles. The van der Waals surface area contributed by atoms with Crippen molar-refractivity contribution in [3.05, 3.63) is 5.92 Å².